The van der Waals surface area contributed by atoms with E-state index >= 15 is 0 Å². The van der Waals surface area contributed by atoms with E-state index in [0.29, 0.717) is 39.2 Å². The van der Waals surface area contributed by atoms with Crippen LogP contribution in [0.3, 0.4) is 0 Å². The third kappa shape index (κ3) is 5.67. The van der Waals surface area contributed by atoms with Gasteiger partial charge in [0.2, 0.25) is 5.91 Å². The Kier molecular flexibility index (Phi) is 6.55. The third-order valence-corrected chi connectivity index (χ3v) is 5.32. The largest absolute Gasteiger partial charge is 0.481 e. The lowest BCUT2D eigenvalue weighted by molar-refractivity contribution is -0.137. The van der Waals surface area contributed by atoms with E-state index < -0.39 is 5.97 Å². The number of carboxylic acid groups (broad SMARTS) is 1. The second-order valence-electron chi connectivity index (χ2n) is 7.62. The lowest BCUT2D eigenvalue weighted by atomic mass is 10.0. The van der Waals surface area contributed by atoms with Gasteiger partial charge in [0.05, 0.1) is 35.4 Å². The number of aromatic nitrogens is 2. The molecule has 2 aromatic heterocycles. The van der Waals surface area contributed by atoms with Crippen LogP contribution in [-0.2, 0) is 16.0 Å². The fraction of sp³-hybridized carbons (Fsp3) is 0.167. The van der Waals surface area contributed by atoms with E-state index in [1.54, 1.807) is 37.3 Å². The number of pyridine rings is 1. The van der Waals surface area contributed by atoms with Crippen LogP contribution in [-0.4, -0.2) is 27.0 Å². The molecular formula is C24H21ClN4O4. The highest BCUT2D eigenvalue weighted by Gasteiger charge is 2.13. The Morgan fingerprint density at radius 1 is 1.15 bits per heavy atom. The molecule has 9 heteroatoms. The summed E-state index contributed by atoms with van der Waals surface area (Å²) in [6.07, 6.45) is 1.66. The van der Waals surface area contributed by atoms with Crippen molar-refractivity contribution in [3.63, 3.8) is 0 Å². The molecule has 1 amide bonds. The lowest BCUT2D eigenvalue weighted by Crippen LogP contribution is -2.14. The van der Waals surface area contributed by atoms with Crippen LogP contribution in [0, 0.1) is 0 Å². The van der Waals surface area contributed by atoms with Gasteiger partial charge in [-0.1, -0.05) is 36.7 Å². The molecule has 4 aromatic rings. The van der Waals surface area contributed by atoms with Crippen molar-refractivity contribution < 1.29 is 19.1 Å². The molecule has 0 fully saturated rings. The van der Waals surface area contributed by atoms with Crippen LogP contribution in [0.4, 0.5) is 17.4 Å². The molecule has 1 atom stereocenters. The molecule has 0 aliphatic rings. The van der Waals surface area contributed by atoms with Crippen LogP contribution in [0.2, 0.25) is 5.02 Å². The maximum Gasteiger partial charge on any atom is 0.304 e. The molecule has 2 heterocycles. The Labute approximate surface area is 194 Å². The molecule has 8 nitrogen and oxygen atoms in total. The lowest BCUT2D eigenvalue weighted by Gasteiger charge is -2.10. The summed E-state index contributed by atoms with van der Waals surface area (Å²) in [5, 5.41) is 15.3. The van der Waals surface area contributed by atoms with E-state index in [2.05, 4.69) is 20.6 Å². The van der Waals surface area contributed by atoms with Crippen molar-refractivity contribution in [2.24, 2.45) is 0 Å². The molecule has 0 unspecified atom stereocenters. The first-order valence-electron chi connectivity index (χ1n) is 10.3. The summed E-state index contributed by atoms with van der Waals surface area (Å²) in [7, 11) is 0. The number of para-hydroxylation sites is 1. The summed E-state index contributed by atoms with van der Waals surface area (Å²) >= 11 is 6.16. The Hall–Kier alpha value is -3.91. The monoisotopic (exact) mass is 464 g/mol. The fourth-order valence-electron chi connectivity index (χ4n) is 3.34. The highest BCUT2D eigenvalue weighted by atomic mass is 35.5. The van der Waals surface area contributed by atoms with E-state index in [1.807, 2.05) is 24.3 Å². The second kappa shape index (κ2) is 9.70. The molecule has 4 rings (SSSR count). The van der Waals surface area contributed by atoms with Crippen LogP contribution < -0.4 is 10.6 Å². The van der Waals surface area contributed by atoms with E-state index in [1.165, 1.54) is 6.20 Å². The van der Waals surface area contributed by atoms with E-state index in [0.717, 1.165) is 5.56 Å². The van der Waals surface area contributed by atoms with E-state index in [-0.39, 0.29) is 24.7 Å². The number of nitrogens with one attached hydrogen (secondary N) is 2. The number of nitrogens with zero attached hydrogens (tertiary/aromatic N) is 2. The number of carbonyl (C=O) groups is 2. The number of amides is 1. The molecule has 0 bridgehead atoms. The molecule has 0 saturated carbocycles. The number of fused-ring (bicyclic) bond motifs is 1. The van der Waals surface area contributed by atoms with E-state index in [9.17, 15) is 9.59 Å². The highest BCUT2D eigenvalue weighted by molar-refractivity contribution is 6.33. The Bertz CT molecular complexity index is 1300. The number of carboxylic acids is 1. The normalized spacial score (nSPS) is 11.8. The fourth-order valence-corrected chi connectivity index (χ4v) is 3.52. The van der Waals surface area contributed by atoms with Gasteiger partial charge in [0.15, 0.2) is 5.58 Å². The zero-order valence-corrected chi connectivity index (χ0v) is 18.5. The molecule has 3 N–H and O–H groups in total. The predicted octanol–water partition coefficient (Wildman–Crippen LogP) is 5.38. The minimum Gasteiger partial charge on any atom is -0.481 e. The summed E-state index contributed by atoms with van der Waals surface area (Å²) in [5.41, 5.74) is 3.85. The van der Waals surface area contributed by atoms with Gasteiger partial charge in [0.25, 0.3) is 6.01 Å². The smallest absolute Gasteiger partial charge is 0.304 e. The maximum atomic E-state index is 12.5. The Balaban J connectivity index is 1.39. The van der Waals surface area contributed by atoms with E-state index in [4.69, 9.17) is 21.1 Å². The van der Waals surface area contributed by atoms with Crippen molar-refractivity contribution in [2.75, 3.05) is 10.6 Å². The third-order valence-electron chi connectivity index (χ3n) is 4.99. The standard InChI is InChI=1S/C24H21ClN4O4/c1-14(10-23(31)32)18-9-7-16(13-26-18)27-22(30)12-15-6-8-20-21(11-15)33-24(29-20)28-19-5-3-2-4-17(19)25/h2-9,11,13-14H,10,12H2,1H3,(H,27,30)(H,28,29)(H,31,32)/t14-/m0/s1. The minimum atomic E-state index is -0.878. The van der Waals surface area contributed by atoms with Crippen LogP contribution in [0.1, 0.15) is 30.5 Å². The second-order valence-corrected chi connectivity index (χ2v) is 8.03. The van der Waals surface area contributed by atoms with Gasteiger partial charge in [-0.2, -0.15) is 4.98 Å². The summed E-state index contributed by atoms with van der Waals surface area (Å²) in [6, 6.07) is 16.4. The van der Waals surface area contributed by atoms with Crippen molar-refractivity contribution in [2.45, 2.75) is 25.7 Å². The molecular weight excluding hydrogens is 444 g/mol. The van der Waals surface area contributed by atoms with Gasteiger partial charge >= 0.3 is 5.97 Å². The van der Waals surface area contributed by atoms with Gasteiger partial charge in [0, 0.05) is 11.6 Å². The Morgan fingerprint density at radius 2 is 1.97 bits per heavy atom. The van der Waals surface area contributed by atoms with Crippen molar-refractivity contribution in [3.05, 3.63) is 77.1 Å². The number of oxazole rings is 1. The molecule has 2 aromatic carbocycles. The highest BCUT2D eigenvalue weighted by Crippen LogP contribution is 2.27. The molecule has 0 aliphatic carbocycles. The number of carbonyl (C=O) groups excluding carboxylic acids is 1. The van der Waals surface area contributed by atoms with Gasteiger partial charge in [-0.3, -0.25) is 14.6 Å². The van der Waals surface area contributed by atoms with Gasteiger partial charge < -0.3 is 20.2 Å². The molecule has 33 heavy (non-hydrogen) atoms. The van der Waals surface area contributed by atoms with Crippen LogP contribution >= 0.6 is 11.6 Å². The quantitative estimate of drug-likeness (QED) is 0.320. The summed E-state index contributed by atoms with van der Waals surface area (Å²) < 4.78 is 5.77. The van der Waals surface area contributed by atoms with Crippen molar-refractivity contribution >= 4 is 52.0 Å². The van der Waals surface area contributed by atoms with Crippen LogP contribution in [0.25, 0.3) is 11.1 Å². The average Bonchev–Trinajstić information content (AvgIpc) is 3.17. The zero-order valence-electron chi connectivity index (χ0n) is 17.7. The number of benzene rings is 2. The van der Waals surface area contributed by atoms with Crippen LogP contribution in [0.5, 0.6) is 0 Å². The summed E-state index contributed by atoms with van der Waals surface area (Å²) in [6.45, 7) is 1.80. The SMILES string of the molecule is C[C@@H](CC(=O)O)c1ccc(NC(=O)Cc2ccc3nc(Nc4ccccc4Cl)oc3c2)cn1. The van der Waals surface area contributed by atoms with Crippen molar-refractivity contribution in [1.29, 1.82) is 0 Å². The summed E-state index contributed by atoms with van der Waals surface area (Å²) in [5.74, 6) is -1.30. The van der Waals surface area contributed by atoms with Crippen molar-refractivity contribution in [3.8, 4) is 0 Å². The first-order chi connectivity index (χ1) is 15.9. The zero-order chi connectivity index (χ0) is 23.4. The van der Waals surface area contributed by atoms with Crippen molar-refractivity contribution in [1.82, 2.24) is 9.97 Å². The van der Waals surface area contributed by atoms with Gasteiger partial charge in [-0.25, -0.2) is 0 Å². The Morgan fingerprint density at radius 3 is 2.70 bits per heavy atom. The number of aliphatic carboxylic acids is 1. The molecule has 0 radical (unpaired) electrons. The summed E-state index contributed by atoms with van der Waals surface area (Å²) in [4.78, 5) is 32.0. The number of hydrogen-bond donors (Lipinski definition) is 3. The van der Waals surface area contributed by atoms with Crippen LogP contribution in [0.15, 0.2) is 65.2 Å². The number of halogens is 1. The number of rotatable bonds is 8. The molecule has 0 saturated heterocycles. The predicted molar refractivity (Wildman–Crippen MR) is 126 cm³/mol. The topological polar surface area (TPSA) is 117 Å². The molecule has 168 valence electrons. The number of anilines is 3. The first-order valence-corrected chi connectivity index (χ1v) is 10.6. The molecule has 0 spiro atoms. The van der Waals surface area contributed by atoms with Gasteiger partial charge in [0.1, 0.15) is 5.52 Å². The minimum absolute atomic E-state index is 0.00155. The van der Waals surface area contributed by atoms with Gasteiger partial charge in [-0.15, -0.1) is 0 Å². The maximum absolute atomic E-state index is 12.5. The molecule has 0 aliphatic heterocycles. The average molecular weight is 465 g/mol. The number of hydrogen-bond acceptors (Lipinski definition) is 6. The first kappa shape index (κ1) is 22.3. The van der Waals surface area contributed by atoms with Gasteiger partial charge in [-0.05, 0) is 42.0 Å².